The zero-order chi connectivity index (χ0) is 16.8. The number of anilines is 1. The third-order valence-electron chi connectivity index (χ3n) is 3.91. The van der Waals surface area contributed by atoms with Gasteiger partial charge in [-0.15, -0.1) is 0 Å². The zero-order valence-electron chi connectivity index (χ0n) is 14.2. The number of nitrogens with zero attached hydrogens (tertiary/aromatic N) is 2. The summed E-state index contributed by atoms with van der Waals surface area (Å²) in [7, 11) is 6.74. The van der Waals surface area contributed by atoms with Crippen LogP contribution in [0.5, 0.6) is 17.2 Å². The third-order valence-corrected chi connectivity index (χ3v) is 3.91. The van der Waals surface area contributed by atoms with E-state index in [0.29, 0.717) is 29.5 Å². The van der Waals surface area contributed by atoms with Crippen molar-refractivity contribution in [2.75, 3.05) is 66.4 Å². The van der Waals surface area contributed by atoms with Gasteiger partial charge in [-0.25, -0.2) is 0 Å². The van der Waals surface area contributed by atoms with E-state index in [-0.39, 0.29) is 5.91 Å². The molecule has 0 radical (unpaired) electrons. The second kappa shape index (κ2) is 8.03. The summed E-state index contributed by atoms with van der Waals surface area (Å²) < 4.78 is 15.9. The summed E-state index contributed by atoms with van der Waals surface area (Å²) in [5.41, 5.74) is 0.624. The van der Waals surface area contributed by atoms with Crippen LogP contribution >= 0.6 is 0 Å². The van der Waals surface area contributed by atoms with E-state index in [0.717, 1.165) is 26.2 Å². The molecule has 2 rings (SSSR count). The molecule has 128 valence electrons. The molecule has 0 saturated carbocycles. The molecule has 1 heterocycles. The highest BCUT2D eigenvalue weighted by molar-refractivity contribution is 5.93. The maximum atomic E-state index is 12.2. The number of hydrogen-bond donors (Lipinski definition) is 1. The molecule has 7 nitrogen and oxygen atoms in total. The minimum Gasteiger partial charge on any atom is -0.493 e. The van der Waals surface area contributed by atoms with E-state index in [1.807, 2.05) is 0 Å². The number of piperazine rings is 1. The molecule has 0 atom stereocenters. The molecule has 1 amide bonds. The van der Waals surface area contributed by atoms with Gasteiger partial charge in [0.1, 0.15) is 0 Å². The average Bonchev–Trinajstić information content (AvgIpc) is 2.55. The van der Waals surface area contributed by atoms with Gasteiger partial charge in [0.2, 0.25) is 11.7 Å². The molecule has 1 aliphatic rings. The van der Waals surface area contributed by atoms with Gasteiger partial charge in [-0.1, -0.05) is 0 Å². The van der Waals surface area contributed by atoms with Gasteiger partial charge in [0.25, 0.3) is 0 Å². The molecule has 7 heteroatoms. The molecule has 1 N–H and O–H groups in total. The van der Waals surface area contributed by atoms with Crippen molar-refractivity contribution in [2.24, 2.45) is 0 Å². The van der Waals surface area contributed by atoms with Gasteiger partial charge >= 0.3 is 0 Å². The van der Waals surface area contributed by atoms with Gasteiger partial charge in [-0.05, 0) is 7.05 Å². The normalized spacial score (nSPS) is 16.0. The first-order chi connectivity index (χ1) is 11.1. The largest absolute Gasteiger partial charge is 0.493 e. The predicted octanol–water partition coefficient (Wildman–Crippen LogP) is 0.898. The first-order valence-corrected chi connectivity index (χ1v) is 7.58. The highest BCUT2D eigenvalue weighted by Crippen LogP contribution is 2.39. The molecule has 0 aliphatic carbocycles. The second-order valence-corrected chi connectivity index (χ2v) is 5.54. The predicted molar refractivity (Wildman–Crippen MR) is 88.7 cm³/mol. The maximum absolute atomic E-state index is 12.2. The van der Waals surface area contributed by atoms with Gasteiger partial charge in [0.05, 0.1) is 27.9 Å². The Kier molecular flexibility index (Phi) is 6.06. The Labute approximate surface area is 137 Å². The highest BCUT2D eigenvalue weighted by atomic mass is 16.5. The summed E-state index contributed by atoms with van der Waals surface area (Å²) in [6.45, 7) is 4.15. The van der Waals surface area contributed by atoms with Gasteiger partial charge < -0.3 is 24.4 Å². The van der Waals surface area contributed by atoms with Crippen molar-refractivity contribution in [3.63, 3.8) is 0 Å². The Morgan fingerprint density at radius 2 is 1.61 bits per heavy atom. The molecular formula is C16H25N3O4. The number of carbonyl (C=O) groups is 1. The minimum absolute atomic E-state index is 0.0520. The van der Waals surface area contributed by atoms with Crippen LogP contribution in [-0.2, 0) is 4.79 Å². The second-order valence-electron chi connectivity index (χ2n) is 5.54. The van der Waals surface area contributed by atoms with Crippen LogP contribution in [0.1, 0.15) is 0 Å². The van der Waals surface area contributed by atoms with E-state index in [4.69, 9.17) is 14.2 Å². The lowest BCUT2D eigenvalue weighted by atomic mass is 10.2. The van der Waals surface area contributed by atoms with E-state index in [1.165, 1.54) is 0 Å². The number of hydrogen-bond acceptors (Lipinski definition) is 6. The Morgan fingerprint density at radius 3 is 2.09 bits per heavy atom. The summed E-state index contributed by atoms with van der Waals surface area (Å²) in [6, 6.07) is 3.45. The lowest BCUT2D eigenvalue weighted by Crippen LogP contribution is -2.47. The van der Waals surface area contributed by atoms with Crippen molar-refractivity contribution in [3.8, 4) is 17.2 Å². The van der Waals surface area contributed by atoms with E-state index < -0.39 is 0 Å². The van der Waals surface area contributed by atoms with Gasteiger partial charge in [0, 0.05) is 44.0 Å². The Hall–Kier alpha value is -1.99. The number of nitrogens with one attached hydrogen (secondary N) is 1. The Balaban J connectivity index is 2.02. The topological polar surface area (TPSA) is 63.3 Å². The summed E-state index contributed by atoms with van der Waals surface area (Å²) in [4.78, 5) is 16.6. The summed E-state index contributed by atoms with van der Waals surface area (Å²) in [6.07, 6.45) is 0. The molecule has 0 bridgehead atoms. The number of carbonyl (C=O) groups excluding carboxylic acids is 1. The van der Waals surface area contributed by atoms with E-state index >= 15 is 0 Å². The van der Waals surface area contributed by atoms with Crippen LogP contribution in [-0.4, -0.2) is 76.8 Å². The van der Waals surface area contributed by atoms with Crippen molar-refractivity contribution < 1.29 is 19.0 Å². The van der Waals surface area contributed by atoms with Gasteiger partial charge in [-0.3, -0.25) is 9.69 Å². The molecule has 0 unspecified atom stereocenters. The van der Waals surface area contributed by atoms with Crippen LogP contribution < -0.4 is 19.5 Å². The molecular weight excluding hydrogens is 298 g/mol. The molecule has 23 heavy (non-hydrogen) atoms. The van der Waals surface area contributed by atoms with Crippen molar-refractivity contribution in [2.45, 2.75) is 0 Å². The van der Waals surface area contributed by atoms with Crippen LogP contribution in [0, 0.1) is 0 Å². The number of likely N-dealkylation sites (N-methyl/N-ethyl adjacent to an activating group) is 1. The Morgan fingerprint density at radius 1 is 1.04 bits per heavy atom. The van der Waals surface area contributed by atoms with E-state index in [9.17, 15) is 4.79 Å². The lowest BCUT2D eigenvalue weighted by molar-refractivity contribution is -0.117. The van der Waals surface area contributed by atoms with Crippen molar-refractivity contribution >= 4 is 11.6 Å². The average molecular weight is 323 g/mol. The van der Waals surface area contributed by atoms with E-state index in [1.54, 1.807) is 33.5 Å². The lowest BCUT2D eigenvalue weighted by Gasteiger charge is -2.31. The molecule has 1 fully saturated rings. The fourth-order valence-corrected chi connectivity index (χ4v) is 2.56. The van der Waals surface area contributed by atoms with Gasteiger partial charge in [0.15, 0.2) is 11.5 Å². The SMILES string of the molecule is COc1cc(NC(=O)CN2CCN(C)CC2)cc(OC)c1OC. The zero-order valence-corrected chi connectivity index (χ0v) is 14.2. The fraction of sp³-hybridized carbons (Fsp3) is 0.562. The highest BCUT2D eigenvalue weighted by Gasteiger charge is 2.18. The number of amides is 1. The molecule has 1 saturated heterocycles. The van der Waals surface area contributed by atoms with Crippen molar-refractivity contribution in [3.05, 3.63) is 12.1 Å². The molecule has 0 aromatic heterocycles. The van der Waals surface area contributed by atoms with Crippen LogP contribution in [0.4, 0.5) is 5.69 Å². The molecule has 1 aromatic rings. The molecule has 0 spiro atoms. The summed E-state index contributed by atoms with van der Waals surface area (Å²) in [5, 5.41) is 2.89. The first-order valence-electron chi connectivity index (χ1n) is 7.58. The summed E-state index contributed by atoms with van der Waals surface area (Å²) in [5.74, 6) is 1.49. The fourth-order valence-electron chi connectivity index (χ4n) is 2.56. The number of benzene rings is 1. The third kappa shape index (κ3) is 4.49. The molecule has 1 aliphatic heterocycles. The van der Waals surface area contributed by atoms with Crippen LogP contribution in [0.25, 0.3) is 0 Å². The van der Waals surface area contributed by atoms with Crippen molar-refractivity contribution in [1.82, 2.24) is 9.80 Å². The van der Waals surface area contributed by atoms with Crippen LogP contribution in [0.3, 0.4) is 0 Å². The standard InChI is InChI=1S/C16H25N3O4/c1-18-5-7-19(8-6-18)11-15(20)17-12-9-13(21-2)16(23-4)14(10-12)22-3/h9-10H,5-8,11H2,1-4H3,(H,17,20). The molecule has 1 aromatic carbocycles. The van der Waals surface area contributed by atoms with Gasteiger partial charge in [-0.2, -0.15) is 0 Å². The summed E-state index contributed by atoms with van der Waals surface area (Å²) >= 11 is 0. The monoisotopic (exact) mass is 323 g/mol. The maximum Gasteiger partial charge on any atom is 0.238 e. The first kappa shape index (κ1) is 17.4. The van der Waals surface area contributed by atoms with E-state index in [2.05, 4.69) is 22.2 Å². The number of methoxy groups -OCH3 is 3. The van der Waals surface area contributed by atoms with Crippen LogP contribution in [0.15, 0.2) is 12.1 Å². The van der Waals surface area contributed by atoms with Crippen molar-refractivity contribution in [1.29, 1.82) is 0 Å². The smallest absolute Gasteiger partial charge is 0.238 e. The van der Waals surface area contributed by atoms with Crippen LogP contribution in [0.2, 0.25) is 0 Å². The number of ether oxygens (including phenoxy) is 3. The minimum atomic E-state index is -0.0520. The number of rotatable bonds is 6. The Bertz CT molecular complexity index is 517. The quantitative estimate of drug-likeness (QED) is 0.839.